The van der Waals surface area contributed by atoms with Crippen LogP contribution in [-0.2, 0) is 9.47 Å². The van der Waals surface area contributed by atoms with E-state index in [4.69, 9.17) is 9.47 Å². The Labute approximate surface area is 156 Å². The zero-order valence-corrected chi connectivity index (χ0v) is 15.9. The molecule has 0 aromatic carbocycles. The van der Waals surface area contributed by atoms with E-state index in [2.05, 4.69) is 12.2 Å². The van der Waals surface area contributed by atoms with Crippen molar-refractivity contribution in [2.75, 3.05) is 39.5 Å². The van der Waals surface area contributed by atoms with Gasteiger partial charge in [-0.1, -0.05) is 39.0 Å². The second-order valence-electron chi connectivity index (χ2n) is 4.33. The normalized spacial score (nSPS) is 10.3. The van der Waals surface area contributed by atoms with Crippen LogP contribution in [-0.4, -0.2) is 90.9 Å². The van der Waals surface area contributed by atoms with E-state index in [1.165, 1.54) is 38.5 Å². The van der Waals surface area contributed by atoms with E-state index in [0.717, 1.165) is 26.3 Å². The molecular formula is C14H31KNO2. The molecule has 3 nitrogen and oxygen atoms in total. The van der Waals surface area contributed by atoms with Crippen LogP contribution in [0.2, 0.25) is 0 Å². The Balaban J connectivity index is 0. The molecule has 0 saturated carbocycles. The smallest absolute Gasteiger partial charge is 0.0701 e. The standard InChI is InChI=1S/C14H31NO2.K/c1-3-5-6-7-8-9-10-15-11-12-17-14-13-16-4-2;/h15H,3-14H2,1-2H3;. The molecule has 0 fully saturated rings. The molecule has 1 radical (unpaired) electrons. The molecular weight excluding hydrogens is 253 g/mol. The molecule has 0 bridgehead atoms. The Kier molecular flexibility index (Phi) is 25.2. The van der Waals surface area contributed by atoms with Gasteiger partial charge in [-0.3, -0.25) is 0 Å². The van der Waals surface area contributed by atoms with Crippen molar-refractivity contribution in [1.82, 2.24) is 5.32 Å². The third-order valence-corrected chi connectivity index (χ3v) is 2.71. The molecule has 4 heteroatoms. The second-order valence-corrected chi connectivity index (χ2v) is 4.33. The average Bonchev–Trinajstić information content (AvgIpc) is 2.35. The quantitative estimate of drug-likeness (QED) is 0.393. The molecule has 1 N–H and O–H groups in total. The number of nitrogens with one attached hydrogen (secondary N) is 1. The van der Waals surface area contributed by atoms with E-state index in [9.17, 15) is 0 Å². The third kappa shape index (κ3) is 19.8. The molecule has 0 unspecified atom stereocenters. The van der Waals surface area contributed by atoms with Crippen molar-refractivity contribution in [2.24, 2.45) is 0 Å². The van der Waals surface area contributed by atoms with Crippen LogP contribution in [0, 0.1) is 0 Å². The molecule has 0 amide bonds. The van der Waals surface area contributed by atoms with Crippen LogP contribution in [0.15, 0.2) is 0 Å². The van der Waals surface area contributed by atoms with Gasteiger partial charge < -0.3 is 14.8 Å². The summed E-state index contributed by atoms with van der Waals surface area (Å²) in [5.74, 6) is 0. The summed E-state index contributed by atoms with van der Waals surface area (Å²) in [6.45, 7) is 9.35. The minimum atomic E-state index is 0. The van der Waals surface area contributed by atoms with Crippen LogP contribution in [0.3, 0.4) is 0 Å². The van der Waals surface area contributed by atoms with Crippen molar-refractivity contribution >= 4 is 51.4 Å². The van der Waals surface area contributed by atoms with Crippen LogP contribution in [0.4, 0.5) is 0 Å². The maximum absolute atomic E-state index is 5.41. The number of ether oxygens (including phenoxy) is 2. The van der Waals surface area contributed by atoms with E-state index in [0.29, 0.717) is 13.2 Å². The fourth-order valence-corrected chi connectivity index (χ4v) is 1.66. The van der Waals surface area contributed by atoms with Gasteiger partial charge in [0.2, 0.25) is 0 Å². The summed E-state index contributed by atoms with van der Waals surface area (Å²) in [6, 6.07) is 0. The number of rotatable bonds is 14. The van der Waals surface area contributed by atoms with Crippen LogP contribution >= 0.6 is 0 Å². The van der Waals surface area contributed by atoms with Crippen LogP contribution in [0.1, 0.15) is 52.4 Å². The fraction of sp³-hybridized carbons (Fsp3) is 1.00. The van der Waals surface area contributed by atoms with Gasteiger partial charge in [0.15, 0.2) is 0 Å². The van der Waals surface area contributed by atoms with Crippen LogP contribution < -0.4 is 5.32 Å². The summed E-state index contributed by atoms with van der Waals surface area (Å²) in [4.78, 5) is 0. The first kappa shape index (κ1) is 21.8. The molecule has 0 aliphatic rings. The summed E-state index contributed by atoms with van der Waals surface area (Å²) in [5.41, 5.74) is 0. The molecule has 0 aliphatic carbocycles. The Hall–Kier alpha value is 1.52. The van der Waals surface area contributed by atoms with Crippen molar-refractivity contribution in [2.45, 2.75) is 52.4 Å². The van der Waals surface area contributed by atoms with E-state index in [-0.39, 0.29) is 51.4 Å². The average molecular weight is 285 g/mol. The molecule has 0 aromatic rings. The van der Waals surface area contributed by atoms with Gasteiger partial charge in [-0.25, -0.2) is 0 Å². The predicted octanol–water partition coefficient (Wildman–Crippen LogP) is 2.61. The third-order valence-electron chi connectivity index (χ3n) is 2.71. The molecule has 0 atom stereocenters. The predicted molar refractivity (Wildman–Crippen MR) is 79.3 cm³/mol. The van der Waals surface area contributed by atoms with Crippen molar-refractivity contribution in [1.29, 1.82) is 0 Å². The number of hydrogen-bond donors (Lipinski definition) is 1. The maximum Gasteiger partial charge on any atom is 0.0701 e. The molecule has 105 valence electrons. The molecule has 0 heterocycles. The van der Waals surface area contributed by atoms with E-state index in [1.807, 2.05) is 6.92 Å². The molecule has 0 saturated heterocycles. The molecule has 0 rings (SSSR count). The maximum atomic E-state index is 5.41. The monoisotopic (exact) mass is 284 g/mol. The topological polar surface area (TPSA) is 30.5 Å². The van der Waals surface area contributed by atoms with Crippen LogP contribution in [0.5, 0.6) is 0 Å². The first-order valence-electron chi connectivity index (χ1n) is 7.28. The first-order valence-corrected chi connectivity index (χ1v) is 7.28. The Morgan fingerprint density at radius 2 is 1.39 bits per heavy atom. The van der Waals surface area contributed by atoms with E-state index in [1.54, 1.807) is 0 Å². The SMILES string of the molecule is CCCCCCCCNCCOCCOCC.[K]. The Bertz CT molecular complexity index is 123. The number of hydrogen-bond acceptors (Lipinski definition) is 3. The van der Waals surface area contributed by atoms with Gasteiger partial charge in [0.05, 0.1) is 19.8 Å². The van der Waals surface area contributed by atoms with Gasteiger partial charge in [-0.2, -0.15) is 0 Å². The summed E-state index contributed by atoms with van der Waals surface area (Å²) in [7, 11) is 0. The zero-order valence-electron chi connectivity index (χ0n) is 12.8. The summed E-state index contributed by atoms with van der Waals surface area (Å²) >= 11 is 0. The van der Waals surface area contributed by atoms with Crippen molar-refractivity contribution < 1.29 is 9.47 Å². The molecule has 0 aliphatic heterocycles. The van der Waals surface area contributed by atoms with Crippen molar-refractivity contribution in [3.8, 4) is 0 Å². The zero-order chi connectivity index (χ0) is 12.6. The largest absolute Gasteiger partial charge is 0.379 e. The number of unbranched alkanes of at least 4 members (excludes halogenated alkanes) is 5. The first-order chi connectivity index (χ1) is 8.41. The van der Waals surface area contributed by atoms with E-state index < -0.39 is 0 Å². The van der Waals surface area contributed by atoms with Crippen LogP contribution in [0.25, 0.3) is 0 Å². The minimum Gasteiger partial charge on any atom is -0.379 e. The summed E-state index contributed by atoms with van der Waals surface area (Å²) in [5, 5.41) is 3.40. The Morgan fingerprint density at radius 3 is 2.11 bits per heavy atom. The minimum absolute atomic E-state index is 0. The van der Waals surface area contributed by atoms with Gasteiger partial charge in [0.1, 0.15) is 0 Å². The van der Waals surface area contributed by atoms with E-state index >= 15 is 0 Å². The summed E-state index contributed by atoms with van der Waals surface area (Å²) in [6.07, 6.45) is 8.16. The summed E-state index contributed by atoms with van der Waals surface area (Å²) < 4.78 is 10.6. The molecule has 0 aromatic heterocycles. The fourth-order valence-electron chi connectivity index (χ4n) is 1.66. The Morgan fingerprint density at radius 1 is 0.722 bits per heavy atom. The van der Waals surface area contributed by atoms with Crippen molar-refractivity contribution in [3.05, 3.63) is 0 Å². The van der Waals surface area contributed by atoms with Gasteiger partial charge in [0, 0.05) is 64.5 Å². The van der Waals surface area contributed by atoms with Gasteiger partial charge >= 0.3 is 0 Å². The molecule has 0 spiro atoms. The molecule has 18 heavy (non-hydrogen) atoms. The second kappa shape index (κ2) is 20.8. The van der Waals surface area contributed by atoms with Crippen molar-refractivity contribution in [3.63, 3.8) is 0 Å². The van der Waals surface area contributed by atoms with Gasteiger partial charge in [-0.15, -0.1) is 0 Å². The van der Waals surface area contributed by atoms with Gasteiger partial charge in [-0.05, 0) is 19.9 Å². The van der Waals surface area contributed by atoms with Gasteiger partial charge in [0.25, 0.3) is 0 Å².